The second kappa shape index (κ2) is 7.99. The van der Waals surface area contributed by atoms with E-state index in [1.54, 1.807) is 0 Å². The second-order valence-corrected chi connectivity index (χ2v) is 8.58. The summed E-state index contributed by atoms with van der Waals surface area (Å²) in [5.74, 6) is -0.0230. The van der Waals surface area contributed by atoms with Gasteiger partial charge in [-0.15, -0.1) is 0 Å². The molecule has 160 valence electrons. The molecule has 0 bridgehead atoms. The van der Waals surface area contributed by atoms with Gasteiger partial charge in [0.15, 0.2) is 0 Å². The lowest BCUT2D eigenvalue weighted by Gasteiger charge is -2.19. The average Bonchev–Trinajstić information content (AvgIpc) is 3.08. The smallest absolute Gasteiger partial charge is 0.323 e. The van der Waals surface area contributed by atoms with Crippen LogP contribution in [0.25, 0.3) is 11.1 Å². The van der Waals surface area contributed by atoms with Crippen LogP contribution < -0.4 is 19.4 Å². The molecule has 0 radical (unpaired) electrons. The van der Waals surface area contributed by atoms with E-state index >= 15 is 0 Å². The molecule has 0 aromatic heterocycles. The van der Waals surface area contributed by atoms with Crippen LogP contribution in [-0.4, -0.2) is 48.3 Å². The summed E-state index contributed by atoms with van der Waals surface area (Å²) in [5, 5.41) is 0. The van der Waals surface area contributed by atoms with Crippen molar-refractivity contribution in [3.8, 4) is 16.9 Å². The number of carbonyl (C=O) groups excluding carboxylic acids is 1. The lowest BCUT2D eigenvalue weighted by Crippen LogP contribution is -2.13. The number of hydrogen-bond donors (Lipinski definition) is 0. The summed E-state index contributed by atoms with van der Waals surface area (Å²) >= 11 is 0. The molecule has 0 fully saturated rings. The molecule has 0 saturated carbocycles. The molecule has 0 saturated heterocycles. The molecule has 0 amide bonds. The lowest BCUT2D eigenvalue weighted by molar-refractivity contribution is -0.133. The van der Waals surface area contributed by atoms with Crippen LogP contribution in [0.4, 0.5) is 17.1 Å². The zero-order valence-corrected chi connectivity index (χ0v) is 19.0. The second-order valence-electron chi connectivity index (χ2n) is 8.58. The molecular formula is C26H29N3O2. The Kier molecular flexibility index (Phi) is 5.36. The third-order valence-corrected chi connectivity index (χ3v) is 5.82. The molecule has 5 heteroatoms. The number of rotatable bonds is 5. The summed E-state index contributed by atoms with van der Waals surface area (Å²) in [6.07, 6.45) is 0. The monoisotopic (exact) mass is 415 g/mol. The predicted molar refractivity (Wildman–Crippen MR) is 129 cm³/mol. The summed E-state index contributed by atoms with van der Waals surface area (Å²) in [6, 6.07) is 20.7. The minimum Gasteiger partial charge on any atom is -0.425 e. The SMILES string of the molecule is CN(C)c1ccc(-c2cc(N(C)C)cc3c2C(c2ccc(N(C)C)cc2)C(=O)O3)cc1. The van der Waals surface area contributed by atoms with Gasteiger partial charge in [0.25, 0.3) is 0 Å². The highest BCUT2D eigenvalue weighted by atomic mass is 16.5. The maximum absolute atomic E-state index is 13.0. The van der Waals surface area contributed by atoms with Gasteiger partial charge in [0.05, 0.1) is 0 Å². The van der Waals surface area contributed by atoms with Crippen molar-refractivity contribution in [2.24, 2.45) is 0 Å². The van der Waals surface area contributed by atoms with Crippen LogP contribution in [0.2, 0.25) is 0 Å². The molecule has 31 heavy (non-hydrogen) atoms. The maximum Gasteiger partial charge on any atom is 0.323 e. The van der Waals surface area contributed by atoms with Crippen molar-refractivity contribution in [2.75, 3.05) is 57.0 Å². The number of carbonyl (C=O) groups is 1. The molecule has 1 aliphatic rings. The fourth-order valence-corrected chi connectivity index (χ4v) is 3.98. The first kappa shape index (κ1) is 20.8. The number of esters is 1. The van der Waals surface area contributed by atoms with Gasteiger partial charge in [0.2, 0.25) is 0 Å². The number of fused-ring (bicyclic) bond motifs is 1. The zero-order valence-electron chi connectivity index (χ0n) is 19.0. The number of ether oxygens (including phenoxy) is 1. The van der Waals surface area contributed by atoms with Crippen LogP contribution in [-0.2, 0) is 4.79 Å². The minimum atomic E-state index is -0.439. The lowest BCUT2D eigenvalue weighted by atomic mass is 9.86. The van der Waals surface area contributed by atoms with E-state index in [9.17, 15) is 4.79 Å². The van der Waals surface area contributed by atoms with Crippen molar-refractivity contribution in [1.29, 1.82) is 0 Å². The van der Waals surface area contributed by atoms with Crippen molar-refractivity contribution >= 4 is 23.0 Å². The van der Waals surface area contributed by atoms with E-state index in [4.69, 9.17) is 4.74 Å². The Hall–Kier alpha value is -3.47. The molecule has 1 atom stereocenters. The van der Waals surface area contributed by atoms with Crippen LogP contribution in [0, 0.1) is 0 Å². The molecule has 5 nitrogen and oxygen atoms in total. The quantitative estimate of drug-likeness (QED) is 0.450. The Morgan fingerprint density at radius 2 is 1.19 bits per heavy atom. The normalized spacial score (nSPS) is 14.8. The van der Waals surface area contributed by atoms with Crippen LogP contribution in [0.1, 0.15) is 17.0 Å². The van der Waals surface area contributed by atoms with E-state index in [0.717, 1.165) is 39.3 Å². The van der Waals surface area contributed by atoms with E-state index in [2.05, 4.69) is 35.2 Å². The molecule has 1 unspecified atom stereocenters. The summed E-state index contributed by atoms with van der Waals surface area (Å²) < 4.78 is 5.78. The summed E-state index contributed by atoms with van der Waals surface area (Å²) in [6.45, 7) is 0. The maximum atomic E-state index is 13.0. The fourth-order valence-electron chi connectivity index (χ4n) is 3.98. The van der Waals surface area contributed by atoms with E-state index in [0.29, 0.717) is 5.75 Å². The van der Waals surface area contributed by atoms with Gasteiger partial charge in [-0.2, -0.15) is 0 Å². The first-order chi connectivity index (χ1) is 14.8. The molecule has 0 spiro atoms. The molecular weight excluding hydrogens is 386 g/mol. The minimum absolute atomic E-state index is 0.227. The van der Waals surface area contributed by atoms with Crippen molar-refractivity contribution in [3.05, 3.63) is 71.8 Å². The van der Waals surface area contributed by atoms with Gasteiger partial charge >= 0.3 is 5.97 Å². The third kappa shape index (κ3) is 3.83. The van der Waals surface area contributed by atoms with Crippen molar-refractivity contribution < 1.29 is 9.53 Å². The largest absolute Gasteiger partial charge is 0.425 e. The Labute approximate surface area is 184 Å². The van der Waals surface area contributed by atoms with Gasteiger partial charge in [-0.05, 0) is 47.0 Å². The standard InChI is InChI=1S/C26H29N3O2/c1-27(2)19-11-7-17(8-12-19)22-15-21(29(5)6)16-23-25(22)24(26(30)31-23)18-9-13-20(14-10-18)28(3)4/h7-16,24H,1-6H3. The van der Waals surface area contributed by atoms with Crippen molar-refractivity contribution in [3.63, 3.8) is 0 Å². The van der Waals surface area contributed by atoms with Crippen LogP contribution >= 0.6 is 0 Å². The Morgan fingerprint density at radius 3 is 1.71 bits per heavy atom. The number of nitrogens with zero attached hydrogens (tertiary/aromatic N) is 3. The van der Waals surface area contributed by atoms with Gasteiger partial charge in [-0.3, -0.25) is 4.79 Å². The summed E-state index contributed by atoms with van der Waals surface area (Å²) in [4.78, 5) is 19.2. The van der Waals surface area contributed by atoms with E-state index in [1.807, 2.05) is 82.4 Å². The Morgan fingerprint density at radius 1 is 0.677 bits per heavy atom. The molecule has 4 rings (SSSR count). The Bertz CT molecular complexity index is 1100. The van der Waals surface area contributed by atoms with Crippen molar-refractivity contribution in [1.82, 2.24) is 0 Å². The van der Waals surface area contributed by atoms with Crippen molar-refractivity contribution in [2.45, 2.75) is 5.92 Å². The topological polar surface area (TPSA) is 36.0 Å². The predicted octanol–water partition coefficient (Wildman–Crippen LogP) is 4.60. The number of anilines is 3. The van der Waals surface area contributed by atoms with Crippen LogP contribution in [0.15, 0.2) is 60.7 Å². The molecule has 0 aliphatic carbocycles. The first-order valence-corrected chi connectivity index (χ1v) is 10.4. The Balaban J connectivity index is 1.87. The average molecular weight is 416 g/mol. The highest BCUT2D eigenvalue weighted by molar-refractivity contribution is 5.95. The van der Waals surface area contributed by atoms with Gasteiger partial charge in [0.1, 0.15) is 11.7 Å². The zero-order chi connectivity index (χ0) is 22.3. The molecule has 1 aliphatic heterocycles. The van der Waals surface area contributed by atoms with E-state index < -0.39 is 5.92 Å². The van der Waals surface area contributed by atoms with Crippen LogP contribution in [0.3, 0.4) is 0 Å². The highest BCUT2D eigenvalue weighted by Crippen LogP contribution is 2.47. The molecule has 3 aromatic rings. The van der Waals surface area contributed by atoms with Gasteiger partial charge in [-0.25, -0.2) is 0 Å². The molecule has 1 heterocycles. The fraction of sp³-hybridized carbons (Fsp3) is 0.269. The van der Waals surface area contributed by atoms with Crippen LogP contribution in [0.5, 0.6) is 5.75 Å². The molecule has 3 aromatic carbocycles. The van der Waals surface area contributed by atoms with Gasteiger partial charge in [0, 0.05) is 71.0 Å². The van der Waals surface area contributed by atoms with E-state index in [-0.39, 0.29) is 5.97 Å². The molecule has 0 N–H and O–H groups in total. The number of hydrogen-bond acceptors (Lipinski definition) is 5. The van der Waals surface area contributed by atoms with E-state index in [1.165, 1.54) is 0 Å². The van der Waals surface area contributed by atoms with Gasteiger partial charge in [-0.1, -0.05) is 24.3 Å². The third-order valence-electron chi connectivity index (χ3n) is 5.82. The van der Waals surface area contributed by atoms with Gasteiger partial charge < -0.3 is 19.4 Å². The first-order valence-electron chi connectivity index (χ1n) is 10.4. The highest BCUT2D eigenvalue weighted by Gasteiger charge is 2.37. The number of benzene rings is 3. The summed E-state index contributed by atoms with van der Waals surface area (Å²) in [5.41, 5.74) is 7.20. The summed E-state index contributed by atoms with van der Waals surface area (Å²) in [7, 11) is 12.1.